The van der Waals surface area contributed by atoms with Gasteiger partial charge in [0.2, 0.25) is 0 Å². The molecule has 1 saturated carbocycles. The van der Waals surface area contributed by atoms with Crippen LogP contribution < -0.4 is 4.90 Å². The third-order valence-electron chi connectivity index (χ3n) is 4.51. The van der Waals surface area contributed by atoms with Gasteiger partial charge in [0.1, 0.15) is 0 Å². The molecular weight excluding hydrogens is 262 g/mol. The smallest absolute Gasteiger partial charge is 0.337 e. The van der Waals surface area contributed by atoms with E-state index < -0.39 is 5.97 Å². The van der Waals surface area contributed by atoms with Gasteiger partial charge in [0.25, 0.3) is 0 Å². The second-order valence-electron chi connectivity index (χ2n) is 5.89. The van der Waals surface area contributed by atoms with Crippen molar-refractivity contribution >= 4 is 23.3 Å². The molecule has 1 aliphatic heterocycles. The third kappa shape index (κ3) is 2.32. The summed E-state index contributed by atoms with van der Waals surface area (Å²) in [6.07, 6.45) is 6.70. The summed E-state index contributed by atoms with van der Waals surface area (Å²) in [6.45, 7) is 2.13. The summed E-state index contributed by atoms with van der Waals surface area (Å²) >= 11 is 5.90. The van der Waals surface area contributed by atoms with E-state index in [1.165, 1.54) is 32.1 Å². The number of carbonyl (C=O) groups is 1. The van der Waals surface area contributed by atoms with Crippen molar-refractivity contribution in [3.8, 4) is 0 Å². The number of hydrogen-bond donors (Lipinski definition) is 1. The first-order valence-electron chi connectivity index (χ1n) is 6.88. The van der Waals surface area contributed by atoms with Crippen LogP contribution in [0.1, 0.15) is 42.5 Å². The van der Waals surface area contributed by atoms with E-state index in [0.29, 0.717) is 10.4 Å². The summed E-state index contributed by atoms with van der Waals surface area (Å²) in [4.78, 5) is 13.4. The average molecular weight is 280 g/mol. The van der Waals surface area contributed by atoms with Crippen molar-refractivity contribution in [3.05, 3.63) is 28.8 Å². The predicted molar refractivity (Wildman–Crippen MR) is 76.1 cm³/mol. The van der Waals surface area contributed by atoms with E-state index >= 15 is 0 Å². The van der Waals surface area contributed by atoms with Crippen LogP contribution in [0.25, 0.3) is 0 Å². The van der Waals surface area contributed by atoms with Gasteiger partial charge in [-0.3, -0.25) is 0 Å². The lowest BCUT2D eigenvalue weighted by Crippen LogP contribution is -2.57. The van der Waals surface area contributed by atoms with Crippen LogP contribution in [-0.2, 0) is 0 Å². The van der Waals surface area contributed by atoms with Gasteiger partial charge in [-0.05, 0) is 31.0 Å². The lowest BCUT2D eigenvalue weighted by molar-refractivity contribution is 0.0697. The Morgan fingerprint density at radius 1 is 1.21 bits per heavy atom. The van der Waals surface area contributed by atoms with E-state index in [1.54, 1.807) is 12.1 Å². The number of carboxylic acids is 1. The normalized spacial score (nSPS) is 21.2. The van der Waals surface area contributed by atoms with E-state index in [1.807, 2.05) is 6.07 Å². The molecule has 3 rings (SSSR count). The number of aromatic carboxylic acids is 1. The molecule has 1 saturated heterocycles. The molecule has 102 valence electrons. The minimum absolute atomic E-state index is 0.198. The molecule has 19 heavy (non-hydrogen) atoms. The number of rotatable bonds is 2. The molecule has 0 amide bonds. The van der Waals surface area contributed by atoms with Gasteiger partial charge in [0.05, 0.1) is 10.6 Å². The molecule has 2 aliphatic rings. The summed E-state index contributed by atoms with van der Waals surface area (Å²) < 4.78 is 0. The van der Waals surface area contributed by atoms with Gasteiger partial charge >= 0.3 is 5.97 Å². The highest BCUT2D eigenvalue weighted by Gasteiger charge is 2.43. The SMILES string of the molecule is O=C(O)c1cc(N2CC3(CCCCC3)C2)ccc1Cl. The molecule has 0 aromatic heterocycles. The van der Waals surface area contributed by atoms with Gasteiger partial charge in [0, 0.05) is 24.2 Å². The summed E-state index contributed by atoms with van der Waals surface area (Å²) in [6, 6.07) is 5.30. The summed E-state index contributed by atoms with van der Waals surface area (Å²) in [5, 5.41) is 9.41. The Kier molecular flexibility index (Phi) is 3.17. The number of hydrogen-bond acceptors (Lipinski definition) is 2. The molecule has 3 nitrogen and oxygen atoms in total. The molecule has 2 fully saturated rings. The first-order valence-corrected chi connectivity index (χ1v) is 7.25. The maximum Gasteiger partial charge on any atom is 0.337 e. The molecule has 1 N–H and O–H groups in total. The van der Waals surface area contributed by atoms with Crippen LogP contribution in [0.5, 0.6) is 0 Å². The van der Waals surface area contributed by atoms with Gasteiger partial charge in [-0.15, -0.1) is 0 Å². The first-order chi connectivity index (χ1) is 9.10. The molecule has 1 aromatic carbocycles. The van der Waals surface area contributed by atoms with Crippen LogP contribution in [0.3, 0.4) is 0 Å². The fraction of sp³-hybridized carbons (Fsp3) is 0.533. The zero-order valence-corrected chi connectivity index (χ0v) is 11.6. The minimum atomic E-state index is -0.959. The highest BCUT2D eigenvalue weighted by atomic mass is 35.5. The lowest BCUT2D eigenvalue weighted by atomic mass is 9.68. The van der Waals surface area contributed by atoms with Crippen molar-refractivity contribution in [2.75, 3.05) is 18.0 Å². The second-order valence-corrected chi connectivity index (χ2v) is 6.29. The maximum absolute atomic E-state index is 11.1. The number of halogens is 1. The molecule has 1 aliphatic carbocycles. The number of anilines is 1. The Labute approximate surface area is 118 Å². The Bertz CT molecular complexity index is 501. The molecule has 0 bridgehead atoms. The Balaban J connectivity index is 1.74. The van der Waals surface area contributed by atoms with Crippen molar-refractivity contribution in [3.63, 3.8) is 0 Å². The van der Waals surface area contributed by atoms with Gasteiger partial charge in [0.15, 0.2) is 0 Å². The third-order valence-corrected chi connectivity index (χ3v) is 4.84. The fourth-order valence-electron chi connectivity index (χ4n) is 3.44. The van der Waals surface area contributed by atoms with Crippen molar-refractivity contribution in [1.29, 1.82) is 0 Å². The molecule has 1 spiro atoms. The summed E-state index contributed by atoms with van der Waals surface area (Å²) in [7, 11) is 0. The Morgan fingerprint density at radius 2 is 1.89 bits per heavy atom. The first kappa shape index (κ1) is 12.8. The largest absolute Gasteiger partial charge is 0.478 e. The van der Waals surface area contributed by atoms with Crippen LogP contribution in [0.15, 0.2) is 18.2 Å². The summed E-state index contributed by atoms with van der Waals surface area (Å²) in [5.74, 6) is -0.959. The predicted octanol–water partition coefficient (Wildman–Crippen LogP) is 3.81. The molecule has 0 unspecified atom stereocenters. The van der Waals surface area contributed by atoms with E-state index in [4.69, 9.17) is 16.7 Å². The summed E-state index contributed by atoms with van der Waals surface area (Å²) in [5.41, 5.74) is 1.68. The van der Waals surface area contributed by atoms with Crippen LogP contribution >= 0.6 is 11.6 Å². The van der Waals surface area contributed by atoms with Crippen LogP contribution in [0.4, 0.5) is 5.69 Å². The molecule has 1 aromatic rings. The number of benzene rings is 1. The Hall–Kier alpha value is -1.22. The zero-order chi connectivity index (χ0) is 13.5. The van der Waals surface area contributed by atoms with Gasteiger partial charge < -0.3 is 10.0 Å². The van der Waals surface area contributed by atoms with Crippen molar-refractivity contribution < 1.29 is 9.90 Å². The van der Waals surface area contributed by atoms with E-state index in [9.17, 15) is 4.79 Å². The van der Waals surface area contributed by atoms with Crippen LogP contribution in [0, 0.1) is 5.41 Å². The monoisotopic (exact) mass is 279 g/mol. The highest BCUT2D eigenvalue weighted by molar-refractivity contribution is 6.33. The minimum Gasteiger partial charge on any atom is -0.478 e. The zero-order valence-electron chi connectivity index (χ0n) is 10.9. The van der Waals surface area contributed by atoms with E-state index in [0.717, 1.165) is 18.8 Å². The average Bonchev–Trinajstić information content (AvgIpc) is 2.37. The van der Waals surface area contributed by atoms with Crippen molar-refractivity contribution in [2.45, 2.75) is 32.1 Å². The molecule has 1 heterocycles. The topological polar surface area (TPSA) is 40.5 Å². The molecular formula is C15H18ClNO2. The van der Waals surface area contributed by atoms with Crippen molar-refractivity contribution in [1.82, 2.24) is 0 Å². The van der Waals surface area contributed by atoms with Gasteiger partial charge in [-0.2, -0.15) is 0 Å². The number of nitrogens with zero attached hydrogens (tertiary/aromatic N) is 1. The second kappa shape index (κ2) is 4.71. The van der Waals surface area contributed by atoms with Gasteiger partial charge in [-0.1, -0.05) is 30.9 Å². The van der Waals surface area contributed by atoms with Crippen molar-refractivity contribution in [2.24, 2.45) is 5.41 Å². The standard InChI is InChI=1S/C15H18ClNO2/c16-13-5-4-11(8-12(13)14(18)19)17-9-15(10-17)6-2-1-3-7-15/h4-5,8H,1-3,6-7,9-10H2,(H,18,19). The lowest BCUT2D eigenvalue weighted by Gasteiger charge is -2.53. The quantitative estimate of drug-likeness (QED) is 0.895. The molecule has 4 heteroatoms. The maximum atomic E-state index is 11.1. The van der Waals surface area contributed by atoms with Gasteiger partial charge in [-0.25, -0.2) is 4.79 Å². The molecule has 0 radical (unpaired) electrons. The van der Waals surface area contributed by atoms with Crippen LogP contribution in [-0.4, -0.2) is 24.2 Å². The fourth-order valence-corrected chi connectivity index (χ4v) is 3.64. The molecule has 0 atom stereocenters. The number of carboxylic acid groups (broad SMARTS) is 1. The van der Waals surface area contributed by atoms with E-state index in [-0.39, 0.29) is 5.56 Å². The Morgan fingerprint density at radius 3 is 2.53 bits per heavy atom. The van der Waals surface area contributed by atoms with Crippen LogP contribution in [0.2, 0.25) is 5.02 Å². The highest BCUT2D eigenvalue weighted by Crippen LogP contribution is 2.45. The van der Waals surface area contributed by atoms with E-state index in [2.05, 4.69) is 4.90 Å².